The molecule has 158 valence electrons. The van der Waals surface area contributed by atoms with Crippen molar-refractivity contribution in [1.29, 1.82) is 0 Å². The van der Waals surface area contributed by atoms with Crippen molar-refractivity contribution in [3.63, 3.8) is 0 Å². The van der Waals surface area contributed by atoms with E-state index in [0.717, 1.165) is 23.4 Å². The number of carbonyl (C=O) groups excluding carboxylic acids is 1. The normalized spacial score (nSPS) is 20.1. The molecule has 0 radical (unpaired) electrons. The summed E-state index contributed by atoms with van der Waals surface area (Å²) in [5.41, 5.74) is 2.34. The fourth-order valence-corrected chi connectivity index (χ4v) is 5.28. The third-order valence-electron chi connectivity index (χ3n) is 5.47. The van der Waals surface area contributed by atoms with Crippen LogP contribution in [0.2, 0.25) is 5.02 Å². The molecule has 1 unspecified atom stereocenters. The molecule has 1 aromatic carbocycles. The SMILES string of the molecule is CC(C)CSc1nc2c(c(=O)[nH]1)C(c1ccccc1Cl)C1=C(CC(C)(C)CC1=O)N2. The van der Waals surface area contributed by atoms with Crippen LogP contribution in [0.1, 0.15) is 57.6 Å². The largest absolute Gasteiger partial charge is 0.343 e. The Morgan fingerprint density at radius 2 is 1.97 bits per heavy atom. The molecule has 0 bridgehead atoms. The highest BCUT2D eigenvalue weighted by atomic mass is 35.5. The van der Waals surface area contributed by atoms with Gasteiger partial charge in [-0.1, -0.05) is 69.3 Å². The Balaban J connectivity index is 1.91. The van der Waals surface area contributed by atoms with Crippen molar-refractivity contribution in [1.82, 2.24) is 9.97 Å². The average Bonchev–Trinajstić information content (AvgIpc) is 2.64. The molecule has 0 fully saturated rings. The van der Waals surface area contributed by atoms with Crippen molar-refractivity contribution in [2.75, 3.05) is 11.1 Å². The third-order valence-corrected chi connectivity index (χ3v) is 7.11. The highest BCUT2D eigenvalue weighted by Gasteiger charge is 2.42. The summed E-state index contributed by atoms with van der Waals surface area (Å²) >= 11 is 8.07. The molecule has 0 saturated heterocycles. The van der Waals surface area contributed by atoms with Crippen LogP contribution in [0.15, 0.2) is 45.5 Å². The van der Waals surface area contributed by atoms with E-state index in [1.807, 2.05) is 18.2 Å². The van der Waals surface area contributed by atoms with Crippen molar-refractivity contribution in [3.05, 3.63) is 62.0 Å². The van der Waals surface area contributed by atoms with Crippen LogP contribution in [0, 0.1) is 11.3 Å². The van der Waals surface area contributed by atoms with Gasteiger partial charge in [0.15, 0.2) is 10.9 Å². The zero-order valence-electron chi connectivity index (χ0n) is 17.6. The number of nitrogens with one attached hydrogen (secondary N) is 2. The molecular formula is C23H26ClN3O2S. The van der Waals surface area contributed by atoms with E-state index in [1.54, 1.807) is 6.07 Å². The first-order chi connectivity index (χ1) is 14.2. The predicted molar refractivity (Wildman–Crippen MR) is 122 cm³/mol. The Bertz CT molecular complexity index is 1100. The van der Waals surface area contributed by atoms with Gasteiger partial charge in [-0.15, -0.1) is 0 Å². The predicted octanol–water partition coefficient (Wildman–Crippen LogP) is 5.37. The number of H-pyrrole nitrogens is 1. The van der Waals surface area contributed by atoms with Crippen LogP contribution in [0.4, 0.5) is 5.82 Å². The van der Waals surface area contributed by atoms with Gasteiger partial charge in [0.25, 0.3) is 5.56 Å². The first kappa shape index (κ1) is 21.2. The van der Waals surface area contributed by atoms with Crippen molar-refractivity contribution < 1.29 is 4.79 Å². The lowest BCUT2D eigenvalue weighted by Gasteiger charge is -2.38. The van der Waals surface area contributed by atoms with Crippen molar-refractivity contribution in [3.8, 4) is 0 Å². The van der Waals surface area contributed by atoms with Crippen LogP contribution >= 0.6 is 23.4 Å². The highest BCUT2D eigenvalue weighted by Crippen LogP contribution is 2.48. The number of carbonyl (C=O) groups is 1. The first-order valence-electron chi connectivity index (χ1n) is 10.2. The number of halogens is 1. The number of hydrogen-bond donors (Lipinski definition) is 2. The van der Waals surface area contributed by atoms with E-state index in [-0.39, 0.29) is 16.8 Å². The van der Waals surface area contributed by atoms with Gasteiger partial charge in [0.2, 0.25) is 0 Å². The number of allylic oxidation sites excluding steroid dienone is 2. The topological polar surface area (TPSA) is 74.8 Å². The number of nitrogens with zero attached hydrogens (tertiary/aromatic N) is 1. The number of aromatic amines is 1. The second-order valence-corrected chi connectivity index (χ2v) is 10.7. The molecule has 30 heavy (non-hydrogen) atoms. The number of rotatable bonds is 4. The van der Waals surface area contributed by atoms with Gasteiger partial charge in [-0.2, -0.15) is 0 Å². The van der Waals surface area contributed by atoms with Crippen molar-refractivity contribution >= 4 is 35.0 Å². The summed E-state index contributed by atoms with van der Waals surface area (Å²) in [5.74, 6) is 1.40. The van der Waals surface area contributed by atoms with E-state index in [4.69, 9.17) is 16.6 Å². The number of benzene rings is 1. The van der Waals surface area contributed by atoms with E-state index in [9.17, 15) is 9.59 Å². The molecule has 2 aromatic rings. The Labute approximate surface area is 185 Å². The number of aromatic nitrogens is 2. The van der Waals surface area contributed by atoms with Crippen LogP contribution in [-0.4, -0.2) is 21.5 Å². The minimum absolute atomic E-state index is 0.0574. The lowest BCUT2D eigenvalue weighted by molar-refractivity contribution is -0.118. The number of Topliss-reactive ketones (excluding diaryl/α,β-unsaturated/α-hetero) is 1. The van der Waals surface area contributed by atoms with Crippen LogP contribution in [-0.2, 0) is 4.79 Å². The molecule has 1 aliphatic heterocycles. The molecule has 5 nitrogen and oxygen atoms in total. The maximum absolute atomic E-state index is 13.2. The maximum Gasteiger partial charge on any atom is 0.257 e. The molecule has 1 aliphatic carbocycles. The van der Waals surface area contributed by atoms with Gasteiger partial charge in [-0.3, -0.25) is 9.59 Å². The van der Waals surface area contributed by atoms with E-state index < -0.39 is 5.92 Å². The Morgan fingerprint density at radius 3 is 2.67 bits per heavy atom. The number of fused-ring (bicyclic) bond motifs is 1. The number of anilines is 1. The van der Waals surface area contributed by atoms with Crippen LogP contribution in [0.5, 0.6) is 0 Å². The molecule has 4 rings (SSSR count). The Hall–Kier alpha value is -2.05. The molecule has 0 saturated carbocycles. The molecule has 0 amide bonds. The fraction of sp³-hybridized carbons (Fsp3) is 0.435. The van der Waals surface area contributed by atoms with Crippen LogP contribution in [0.25, 0.3) is 0 Å². The summed E-state index contributed by atoms with van der Waals surface area (Å²) in [6, 6.07) is 7.42. The third kappa shape index (κ3) is 3.95. The second-order valence-electron chi connectivity index (χ2n) is 9.25. The fourth-order valence-electron chi connectivity index (χ4n) is 4.23. The van der Waals surface area contributed by atoms with Crippen molar-refractivity contribution in [2.24, 2.45) is 11.3 Å². The lowest BCUT2D eigenvalue weighted by atomic mass is 9.69. The molecule has 0 spiro atoms. The first-order valence-corrected chi connectivity index (χ1v) is 11.6. The Kier molecular flexibility index (Phi) is 5.58. The average molecular weight is 444 g/mol. The molecule has 1 atom stereocenters. The minimum atomic E-state index is -0.519. The molecule has 1 aromatic heterocycles. The van der Waals surface area contributed by atoms with E-state index in [0.29, 0.717) is 39.5 Å². The zero-order chi connectivity index (χ0) is 21.6. The monoisotopic (exact) mass is 443 g/mol. The standard InChI is InChI=1S/C23H26ClN3O2S/c1-12(2)11-30-22-26-20-19(21(29)27-22)17(13-7-5-6-8-14(13)24)18-15(25-20)9-23(3,4)10-16(18)28/h5-8,12,17H,9-11H2,1-4H3,(H2,25,26,27,29). The molecule has 2 heterocycles. The van der Waals surface area contributed by atoms with Gasteiger partial charge in [0.05, 0.1) is 5.56 Å². The highest BCUT2D eigenvalue weighted by molar-refractivity contribution is 7.99. The van der Waals surface area contributed by atoms with Gasteiger partial charge >= 0.3 is 0 Å². The summed E-state index contributed by atoms with van der Waals surface area (Å²) < 4.78 is 0. The summed E-state index contributed by atoms with van der Waals surface area (Å²) in [4.78, 5) is 34.1. The maximum atomic E-state index is 13.2. The molecule has 2 N–H and O–H groups in total. The lowest BCUT2D eigenvalue weighted by Crippen LogP contribution is -2.37. The van der Waals surface area contributed by atoms with E-state index >= 15 is 0 Å². The number of ketones is 1. The molecule has 2 aliphatic rings. The van der Waals surface area contributed by atoms with Gasteiger partial charge in [0, 0.05) is 34.4 Å². The van der Waals surface area contributed by atoms with E-state index in [1.165, 1.54) is 11.8 Å². The van der Waals surface area contributed by atoms with Gasteiger partial charge in [0.1, 0.15) is 5.82 Å². The van der Waals surface area contributed by atoms with Gasteiger partial charge in [-0.25, -0.2) is 4.98 Å². The summed E-state index contributed by atoms with van der Waals surface area (Å²) in [7, 11) is 0. The van der Waals surface area contributed by atoms with Crippen molar-refractivity contribution in [2.45, 2.75) is 51.6 Å². The molecule has 7 heteroatoms. The van der Waals surface area contributed by atoms with Crippen LogP contribution < -0.4 is 10.9 Å². The Morgan fingerprint density at radius 1 is 1.23 bits per heavy atom. The number of thioether (sulfide) groups is 1. The summed E-state index contributed by atoms with van der Waals surface area (Å²) in [6.07, 6.45) is 1.16. The summed E-state index contributed by atoms with van der Waals surface area (Å²) in [6.45, 7) is 8.43. The zero-order valence-corrected chi connectivity index (χ0v) is 19.2. The van der Waals surface area contributed by atoms with Crippen LogP contribution in [0.3, 0.4) is 0 Å². The second kappa shape index (κ2) is 7.89. The smallest absolute Gasteiger partial charge is 0.257 e. The van der Waals surface area contributed by atoms with Gasteiger partial charge in [-0.05, 0) is 29.4 Å². The minimum Gasteiger partial charge on any atom is -0.343 e. The van der Waals surface area contributed by atoms with Gasteiger partial charge < -0.3 is 10.3 Å². The quantitative estimate of drug-likeness (QED) is 0.490. The van der Waals surface area contributed by atoms with E-state index in [2.05, 4.69) is 38.0 Å². The summed E-state index contributed by atoms with van der Waals surface area (Å²) in [5, 5.41) is 4.47. The number of hydrogen-bond acceptors (Lipinski definition) is 5. The molecular weight excluding hydrogens is 418 g/mol.